The van der Waals surface area contributed by atoms with Gasteiger partial charge >= 0.3 is 0 Å². The molecule has 1 aromatic rings. The fourth-order valence-corrected chi connectivity index (χ4v) is 4.67. The Hall–Kier alpha value is -0.0931. The third kappa shape index (κ3) is 3.31. The number of rotatable bonds is 3. The molecule has 0 saturated heterocycles. The van der Waals surface area contributed by atoms with Crippen LogP contribution >= 0.6 is 27.5 Å². The van der Waals surface area contributed by atoms with Crippen molar-refractivity contribution in [2.24, 2.45) is 0 Å². The fraction of sp³-hybridized carbons (Fsp3) is 0.529. The fourth-order valence-electron chi connectivity index (χ4n) is 2.47. The van der Waals surface area contributed by atoms with Gasteiger partial charge in [-0.25, -0.2) is 0 Å². The second-order valence-electron chi connectivity index (χ2n) is 7.27. The quantitative estimate of drug-likeness (QED) is 0.541. The molecule has 1 aliphatic rings. The van der Waals surface area contributed by atoms with Gasteiger partial charge < -0.3 is 4.43 Å². The van der Waals surface area contributed by atoms with E-state index < -0.39 is 8.32 Å². The van der Waals surface area contributed by atoms with Crippen molar-refractivity contribution in [2.75, 3.05) is 0 Å². The van der Waals surface area contributed by atoms with Gasteiger partial charge in [0.05, 0.1) is 6.10 Å². The molecule has 0 aliphatic heterocycles. The summed E-state index contributed by atoms with van der Waals surface area (Å²) < 4.78 is 7.65. The average Bonchev–Trinajstić information content (AvgIpc) is 2.77. The van der Waals surface area contributed by atoms with Crippen molar-refractivity contribution >= 4 is 41.4 Å². The monoisotopic (exact) mass is 386 g/mol. The van der Waals surface area contributed by atoms with Crippen LogP contribution in [0.3, 0.4) is 0 Å². The molecule has 0 heterocycles. The third-order valence-electron chi connectivity index (χ3n) is 4.74. The molecular formula is C17H24BrClOSi. The van der Waals surface area contributed by atoms with Crippen LogP contribution in [-0.4, -0.2) is 14.4 Å². The Morgan fingerprint density at radius 1 is 1.29 bits per heavy atom. The first kappa shape index (κ1) is 17.3. The van der Waals surface area contributed by atoms with Gasteiger partial charge in [0.2, 0.25) is 0 Å². The molecule has 0 amide bonds. The molecule has 1 atom stereocenters. The predicted octanol–water partition coefficient (Wildman–Crippen LogP) is 6.45. The van der Waals surface area contributed by atoms with Crippen LogP contribution in [0.1, 0.15) is 38.8 Å². The largest absolute Gasteiger partial charge is 0.410 e. The third-order valence-corrected chi connectivity index (χ3v) is 10.3. The molecule has 1 unspecified atom stereocenters. The summed E-state index contributed by atoms with van der Waals surface area (Å²) >= 11 is 10.00. The molecule has 21 heavy (non-hydrogen) atoms. The lowest BCUT2D eigenvalue weighted by atomic mass is 10.0. The van der Waals surface area contributed by atoms with E-state index in [1.165, 1.54) is 16.7 Å². The second kappa shape index (κ2) is 5.84. The van der Waals surface area contributed by atoms with Gasteiger partial charge in [-0.1, -0.05) is 54.4 Å². The zero-order chi connectivity index (χ0) is 16.0. The lowest BCUT2D eigenvalue weighted by Gasteiger charge is -2.39. The first-order valence-electron chi connectivity index (χ1n) is 7.39. The first-order valence-corrected chi connectivity index (χ1v) is 11.5. The summed E-state index contributed by atoms with van der Waals surface area (Å²) in [5.74, 6) is 0. The standard InChI is InChI=1S/C17H24BrClOSi/c1-11(20-21(5,6)17(2,3)4)12-7-8-13-15(19)10-9-14(18)16(12)13/h7,9-11H,8H2,1-6H3. The summed E-state index contributed by atoms with van der Waals surface area (Å²) in [6, 6.07) is 3.99. The number of hydrogen-bond acceptors (Lipinski definition) is 1. The molecule has 1 aromatic carbocycles. The summed E-state index contributed by atoms with van der Waals surface area (Å²) in [6.45, 7) is 13.6. The molecule has 1 aliphatic carbocycles. The molecule has 0 saturated carbocycles. The van der Waals surface area contributed by atoms with Gasteiger partial charge in [0.15, 0.2) is 8.32 Å². The number of halogens is 2. The molecule has 0 aromatic heterocycles. The highest BCUT2D eigenvalue weighted by Crippen LogP contribution is 2.43. The van der Waals surface area contributed by atoms with Gasteiger partial charge in [0, 0.05) is 9.50 Å². The van der Waals surface area contributed by atoms with Gasteiger partial charge in [-0.05, 0) is 60.3 Å². The maximum atomic E-state index is 6.54. The smallest absolute Gasteiger partial charge is 0.192 e. The van der Waals surface area contributed by atoms with Gasteiger partial charge in [-0.3, -0.25) is 0 Å². The Bertz CT molecular complexity index is 587. The van der Waals surface area contributed by atoms with E-state index in [2.05, 4.69) is 62.8 Å². The number of allylic oxidation sites excluding steroid dienone is 1. The van der Waals surface area contributed by atoms with E-state index in [9.17, 15) is 0 Å². The highest BCUT2D eigenvalue weighted by atomic mass is 79.9. The maximum absolute atomic E-state index is 6.54. The van der Waals surface area contributed by atoms with E-state index in [1.807, 2.05) is 12.1 Å². The SMILES string of the molecule is CC(O[Si](C)(C)C(C)(C)C)C1=CCc2c(Cl)ccc(Br)c21. The first-order chi connectivity index (χ1) is 9.54. The summed E-state index contributed by atoms with van der Waals surface area (Å²) in [7, 11) is -1.78. The van der Waals surface area contributed by atoms with Gasteiger partial charge in [0.25, 0.3) is 0 Å². The summed E-state index contributed by atoms with van der Waals surface area (Å²) in [4.78, 5) is 0. The van der Waals surface area contributed by atoms with E-state index in [0.717, 1.165) is 15.9 Å². The number of benzene rings is 1. The topological polar surface area (TPSA) is 9.23 Å². The highest BCUT2D eigenvalue weighted by Gasteiger charge is 2.39. The molecule has 116 valence electrons. The molecule has 0 N–H and O–H groups in total. The van der Waals surface area contributed by atoms with Crippen LogP contribution in [0.15, 0.2) is 22.7 Å². The van der Waals surface area contributed by atoms with E-state index in [4.69, 9.17) is 16.0 Å². The van der Waals surface area contributed by atoms with E-state index in [-0.39, 0.29) is 11.1 Å². The minimum atomic E-state index is -1.78. The van der Waals surface area contributed by atoms with Gasteiger partial charge in [-0.15, -0.1) is 0 Å². The van der Waals surface area contributed by atoms with Crippen LogP contribution in [0.2, 0.25) is 23.2 Å². The molecule has 2 rings (SSSR count). The normalized spacial score (nSPS) is 16.7. The summed E-state index contributed by atoms with van der Waals surface area (Å²) in [6.07, 6.45) is 3.26. The van der Waals surface area contributed by atoms with E-state index in [0.29, 0.717) is 0 Å². The Kier molecular flexibility index (Phi) is 4.80. The summed E-state index contributed by atoms with van der Waals surface area (Å²) in [5.41, 5.74) is 3.71. The minimum Gasteiger partial charge on any atom is -0.410 e. The van der Waals surface area contributed by atoms with Crippen LogP contribution in [0.25, 0.3) is 5.57 Å². The van der Waals surface area contributed by atoms with Crippen LogP contribution in [0.5, 0.6) is 0 Å². The van der Waals surface area contributed by atoms with Gasteiger partial charge in [0.1, 0.15) is 0 Å². The maximum Gasteiger partial charge on any atom is 0.192 e. The van der Waals surface area contributed by atoms with Crippen LogP contribution < -0.4 is 0 Å². The van der Waals surface area contributed by atoms with Crippen molar-refractivity contribution in [3.63, 3.8) is 0 Å². The van der Waals surface area contributed by atoms with Crippen LogP contribution in [-0.2, 0) is 10.8 Å². The molecule has 1 nitrogen and oxygen atoms in total. The molecule has 0 fully saturated rings. The van der Waals surface area contributed by atoms with Crippen LogP contribution in [0.4, 0.5) is 0 Å². The molecule has 0 spiro atoms. The molecule has 0 radical (unpaired) electrons. The minimum absolute atomic E-state index is 0.0990. The Labute approximate surface area is 143 Å². The Balaban J connectivity index is 2.29. The van der Waals surface area contributed by atoms with Crippen molar-refractivity contribution < 1.29 is 4.43 Å². The van der Waals surface area contributed by atoms with Crippen molar-refractivity contribution in [3.05, 3.63) is 38.8 Å². The van der Waals surface area contributed by atoms with Gasteiger partial charge in [-0.2, -0.15) is 0 Å². The lowest BCUT2D eigenvalue weighted by molar-refractivity contribution is 0.251. The van der Waals surface area contributed by atoms with Crippen molar-refractivity contribution in [1.29, 1.82) is 0 Å². The Morgan fingerprint density at radius 3 is 2.48 bits per heavy atom. The summed E-state index contributed by atoms with van der Waals surface area (Å²) in [5, 5.41) is 1.06. The van der Waals surface area contributed by atoms with Crippen LogP contribution in [0, 0.1) is 0 Å². The van der Waals surface area contributed by atoms with Crippen molar-refractivity contribution in [2.45, 2.75) is 58.4 Å². The number of fused-ring (bicyclic) bond motifs is 1. The van der Waals surface area contributed by atoms with Crippen molar-refractivity contribution in [1.82, 2.24) is 0 Å². The average molecular weight is 388 g/mol. The van der Waals surface area contributed by atoms with Crippen molar-refractivity contribution in [3.8, 4) is 0 Å². The van der Waals surface area contributed by atoms with E-state index >= 15 is 0 Å². The molecular weight excluding hydrogens is 364 g/mol. The zero-order valence-electron chi connectivity index (χ0n) is 13.7. The van der Waals surface area contributed by atoms with E-state index in [1.54, 1.807) is 0 Å². The zero-order valence-corrected chi connectivity index (χ0v) is 17.0. The number of hydrogen-bond donors (Lipinski definition) is 0. The highest BCUT2D eigenvalue weighted by molar-refractivity contribution is 9.10. The molecule has 4 heteroatoms. The Morgan fingerprint density at radius 2 is 1.90 bits per heavy atom. The predicted molar refractivity (Wildman–Crippen MR) is 98.6 cm³/mol. The molecule has 0 bridgehead atoms. The lowest BCUT2D eigenvalue weighted by Crippen LogP contribution is -2.43. The second-order valence-corrected chi connectivity index (χ2v) is 13.3.